The molecule has 1 saturated carbocycles. The van der Waals surface area contributed by atoms with Crippen molar-refractivity contribution in [1.82, 2.24) is 19.9 Å². The van der Waals surface area contributed by atoms with E-state index in [0.29, 0.717) is 11.0 Å². The Bertz CT molecular complexity index is 1220. The summed E-state index contributed by atoms with van der Waals surface area (Å²) in [4.78, 5) is 13.2. The Morgan fingerprint density at radius 2 is 1.86 bits per heavy atom. The molecule has 1 heterocycles. The predicted octanol–water partition coefficient (Wildman–Crippen LogP) is 4.83. The third kappa shape index (κ3) is 6.23. The molecule has 1 fully saturated rings. The number of benzene rings is 1. The van der Waals surface area contributed by atoms with E-state index < -0.39 is 57.2 Å². The maximum absolute atomic E-state index is 13.9. The molecule has 1 aromatic heterocycles. The van der Waals surface area contributed by atoms with Crippen molar-refractivity contribution in [2.75, 3.05) is 7.05 Å². The number of amides is 1. The molecule has 1 amide bonds. The number of allylic oxidation sites excluding steroid dienone is 2. The van der Waals surface area contributed by atoms with Crippen molar-refractivity contribution in [3.8, 4) is 17.0 Å². The fourth-order valence-corrected chi connectivity index (χ4v) is 3.32. The second kappa shape index (κ2) is 10.2. The van der Waals surface area contributed by atoms with Gasteiger partial charge in [0.1, 0.15) is 0 Å². The predicted molar refractivity (Wildman–Crippen MR) is 108 cm³/mol. The minimum atomic E-state index is -5.35. The molecule has 0 unspecified atom stereocenters. The summed E-state index contributed by atoms with van der Waals surface area (Å²) in [5, 5.41) is 16.9. The number of halogens is 7. The van der Waals surface area contributed by atoms with Crippen molar-refractivity contribution in [2.45, 2.75) is 37.3 Å². The molecule has 0 radical (unpaired) electrons. The molecule has 0 bridgehead atoms. The van der Waals surface area contributed by atoms with Gasteiger partial charge in [-0.3, -0.25) is 0 Å². The first-order valence-corrected chi connectivity index (χ1v) is 10.7. The number of hydrogen-bond donors (Lipinski definition) is 1. The Kier molecular flexibility index (Phi) is 7.82. The number of nitrogens with zero attached hydrogens (tertiary/aromatic N) is 4. The number of ether oxygens (including phenoxy) is 1. The number of hydrogen-bond acceptors (Lipinski definition) is 5. The quantitative estimate of drug-likeness (QED) is 0.407. The van der Waals surface area contributed by atoms with Crippen LogP contribution in [-0.2, 0) is 29.3 Å². The molecule has 0 spiro atoms. The van der Waals surface area contributed by atoms with Crippen LogP contribution in [0.2, 0.25) is 0 Å². The summed E-state index contributed by atoms with van der Waals surface area (Å²) in [6.45, 7) is 3.47. The van der Waals surface area contributed by atoms with Crippen molar-refractivity contribution < 1.29 is 62.3 Å². The van der Waals surface area contributed by atoms with E-state index in [0.717, 1.165) is 25.4 Å². The molecule has 0 atom stereocenters. The third-order valence-electron chi connectivity index (χ3n) is 5.28. The Balaban J connectivity index is 2.11. The van der Waals surface area contributed by atoms with Crippen LogP contribution < -0.4 is 4.74 Å². The van der Waals surface area contributed by atoms with E-state index >= 15 is 0 Å². The number of aliphatic hydroxyl groups is 1. The summed E-state index contributed by atoms with van der Waals surface area (Å²) < 4.78 is 100. The van der Waals surface area contributed by atoms with Gasteiger partial charge in [0.05, 0.1) is 12.1 Å². The Labute approximate surface area is 208 Å². The second-order valence-electron chi connectivity index (χ2n) is 7.83. The SMILES string of the molecule is C=C(/C=C\[C](F)=[V])N(C)C(=O)Oc1c(-c2cn(C3CC(O)C3)nn2)cc(C(F)(F)F)cc1C(F)(F)F. The molecule has 0 aliphatic heterocycles. The van der Waals surface area contributed by atoms with Gasteiger partial charge >= 0.3 is 165 Å². The summed E-state index contributed by atoms with van der Waals surface area (Å²) in [6.07, 6.45) is -8.97. The molecular weight excluding hydrogens is 540 g/mol. The molecule has 1 aromatic carbocycles. The van der Waals surface area contributed by atoms with Gasteiger partial charge in [-0.05, 0) is 12.8 Å². The topological polar surface area (TPSA) is 80.5 Å². The number of carbonyl (C=O) groups excluding carboxylic acids is 1. The van der Waals surface area contributed by atoms with Gasteiger partial charge < -0.3 is 5.11 Å². The van der Waals surface area contributed by atoms with Crippen molar-refractivity contribution in [2.24, 2.45) is 0 Å². The minimum absolute atomic E-state index is 0.174. The first kappa shape index (κ1) is 27.6. The molecular formula is C21H17F7N4O3V. The number of rotatable bonds is 6. The van der Waals surface area contributed by atoms with E-state index in [9.17, 15) is 40.6 Å². The molecule has 3 rings (SSSR count). The van der Waals surface area contributed by atoms with Crippen molar-refractivity contribution in [1.29, 1.82) is 0 Å². The van der Waals surface area contributed by atoms with Crippen molar-refractivity contribution >= 4 is 10.6 Å². The fourth-order valence-electron chi connectivity index (χ4n) is 3.21. The van der Waals surface area contributed by atoms with Crippen LogP contribution >= 0.6 is 0 Å². The van der Waals surface area contributed by atoms with Gasteiger partial charge in [0.15, 0.2) is 0 Å². The van der Waals surface area contributed by atoms with Crippen LogP contribution in [0, 0.1) is 0 Å². The second-order valence-corrected chi connectivity index (χ2v) is 8.50. The number of carbonyl (C=O) groups is 1. The molecule has 1 aliphatic carbocycles. The van der Waals surface area contributed by atoms with Crippen LogP contribution in [0.15, 0.2) is 42.8 Å². The Hall–Kier alpha value is -2.97. The number of aromatic nitrogens is 3. The molecule has 36 heavy (non-hydrogen) atoms. The Morgan fingerprint density at radius 1 is 1.22 bits per heavy atom. The van der Waals surface area contributed by atoms with E-state index in [1.54, 1.807) is 17.0 Å². The van der Waals surface area contributed by atoms with Gasteiger partial charge in [0.25, 0.3) is 0 Å². The third-order valence-corrected chi connectivity index (χ3v) is 5.51. The molecule has 15 heteroatoms. The van der Waals surface area contributed by atoms with E-state index in [-0.39, 0.29) is 30.6 Å². The average molecular weight is 557 g/mol. The monoisotopic (exact) mass is 557 g/mol. The van der Waals surface area contributed by atoms with Gasteiger partial charge in [0, 0.05) is 0 Å². The average Bonchev–Trinajstić information content (AvgIpc) is 3.22. The fraction of sp³-hybridized carbons (Fsp3) is 0.333. The van der Waals surface area contributed by atoms with Crippen LogP contribution in [0.4, 0.5) is 35.5 Å². The molecule has 1 aliphatic rings. The summed E-state index contributed by atoms with van der Waals surface area (Å²) in [6, 6.07) is -0.154. The summed E-state index contributed by atoms with van der Waals surface area (Å²) in [7, 11) is 1.06. The van der Waals surface area contributed by atoms with Gasteiger partial charge in [-0.25, -0.2) is 0 Å². The van der Waals surface area contributed by atoms with Crippen LogP contribution in [-0.4, -0.2) is 48.7 Å². The zero-order valence-corrected chi connectivity index (χ0v) is 19.7. The molecule has 2 aromatic rings. The van der Waals surface area contributed by atoms with E-state index in [1.807, 2.05) is 0 Å². The number of aliphatic hydroxyl groups excluding tert-OH is 1. The molecule has 7 nitrogen and oxygen atoms in total. The maximum atomic E-state index is 13.9. The van der Waals surface area contributed by atoms with Crippen LogP contribution in [0.1, 0.15) is 30.0 Å². The number of alkyl halides is 6. The zero-order chi connectivity index (χ0) is 27.0. The van der Waals surface area contributed by atoms with Crippen LogP contribution in [0.25, 0.3) is 11.3 Å². The van der Waals surface area contributed by atoms with E-state index in [2.05, 4.69) is 16.9 Å². The summed E-state index contributed by atoms with van der Waals surface area (Å²) >= 11 is 1.57. The van der Waals surface area contributed by atoms with Gasteiger partial charge in [-0.1, -0.05) is 0 Å². The van der Waals surface area contributed by atoms with Crippen molar-refractivity contribution in [3.05, 3.63) is 53.9 Å². The summed E-state index contributed by atoms with van der Waals surface area (Å²) in [5.41, 5.74) is -4.90. The summed E-state index contributed by atoms with van der Waals surface area (Å²) in [5.74, 6) is -1.23. The van der Waals surface area contributed by atoms with Crippen molar-refractivity contribution in [3.63, 3.8) is 0 Å². The van der Waals surface area contributed by atoms with E-state index in [4.69, 9.17) is 4.74 Å². The van der Waals surface area contributed by atoms with Crippen LogP contribution in [0.3, 0.4) is 0 Å². The normalized spacial score (nSPS) is 18.1. The van der Waals surface area contributed by atoms with Gasteiger partial charge in [-0.15, -0.1) is 0 Å². The van der Waals surface area contributed by atoms with Gasteiger partial charge in [-0.2, -0.15) is 13.2 Å². The first-order chi connectivity index (χ1) is 16.6. The first-order valence-electron chi connectivity index (χ1n) is 10.0. The standard InChI is InChI=1S/C21H17F7N4O3.V/c1-11(4-3-5-22)31(2)19(34)35-18-15(17-10-32(30-29-17)13-8-14(33)9-13)6-12(20(23,24)25)7-16(18)21(26,27)28;/h3-4,6-7,10,13-14,33H,1,8-9H2,2H3;/b4-3-;. The van der Waals surface area contributed by atoms with Crippen LogP contribution in [0.5, 0.6) is 5.75 Å². The Morgan fingerprint density at radius 3 is 2.39 bits per heavy atom. The van der Waals surface area contributed by atoms with E-state index in [1.165, 1.54) is 4.68 Å². The zero-order valence-electron chi connectivity index (χ0n) is 18.3. The molecule has 193 valence electrons. The molecule has 1 N–H and O–H groups in total. The number of likely N-dealkylation sites (N-methyl/N-ethyl adjacent to an activating group) is 1. The molecule has 0 saturated heterocycles. The van der Waals surface area contributed by atoms with Gasteiger partial charge in [0.2, 0.25) is 0 Å².